The van der Waals surface area contributed by atoms with Crippen molar-refractivity contribution >= 4 is 19.5 Å². The van der Waals surface area contributed by atoms with E-state index in [0.717, 1.165) is 38.2 Å². The van der Waals surface area contributed by atoms with E-state index in [1.54, 1.807) is 0 Å². The molecule has 0 atom stereocenters. The smallest absolute Gasteiger partial charge is 0.336 e. The molecule has 0 saturated heterocycles. The first kappa shape index (κ1) is 19.8. The Hall–Kier alpha value is -1.17. The lowest BCUT2D eigenvalue weighted by atomic mass is 10.1. The monoisotopic (exact) mass is 322 g/mol. The van der Waals surface area contributed by atoms with Crippen LogP contribution in [0.15, 0.2) is 12.7 Å². The first-order valence-electron chi connectivity index (χ1n) is 6.84. The molecule has 122 valence electrons. The summed E-state index contributed by atoms with van der Waals surface area (Å²) in [6.07, 6.45) is 5.50. The zero-order valence-electron chi connectivity index (χ0n) is 12.0. The summed E-state index contributed by atoms with van der Waals surface area (Å²) in [7, 11) is -4.33. The number of carbonyl (C=O) groups excluding carboxylic acids is 2. The summed E-state index contributed by atoms with van der Waals surface area (Å²) < 4.78 is 20.0. The standard InChI is InChI=1S/C13H23O7P/c1-2-12(14)19-9-7-5-3-4-6-8-10-20-13(15)11-21(16,17)18/h2H,1,3-11H2,(H2,16,17,18). The van der Waals surface area contributed by atoms with Crippen molar-refractivity contribution in [3.63, 3.8) is 0 Å². The molecule has 0 aromatic carbocycles. The predicted octanol–water partition coefficient (Wildman–Crippen LogP) is 1.78. The van der Waals surface area contributed by atoms with Gasteiger partial charge >= 0.3 is 19.5 Å². The lowest BCUT2D eigenvalue weighted by Crippen LogP contribution is -2.10. The van der Waals surface area contributed by atoms with Gasteiger partial charge in [0.15, 0.2) is 0 Å². The quantitative estimate of drug-likeness (QED) is 0.244. The Labute approximate surface area is 124 Å². The molecule has 0 heterocycles. The SMILES string of the molecule is C=CC(=O)OCCCCCCCCOC(=O)CP(=O)(O)O. The number of esters is 2. The highest BCUT2D eigenvalue weighted by Crippen LogP contribution is 2.33. The third kappa shape index (κ3) is 15.0. The molecule has 0 spiro atoms. The van der Waals surface area contributed by atoms with E-state index in [0.29, 0.717) is 13.0 Å². The van der Waals surface area contributed by atoms with E-state index < -0.39 is 25.7 Å². The Bertz CT molecular complexity index is 375. The Kier molecular flexibility index (Phi) is 10.8. The maximum absolute atomic E-state index is 11.0. The number of rotatable bonds is 12. The molecule has 0 aliphatic rings. The average Bonchev–Trinajstić information content (AvgIpc) is 2.38. The molecule has 0 rings (SSSR count). The fourth-order valence-corrected chi connectivity index (χ4v) is 1.97. The van der Waals surface area contributed by atoms with Gasteiger partial charge in [-0.25, -0.2) is 4.79 Å². The van der Waals surface area contributed by atoms with Crippen LogP contribution in [0.3, 0.4) is 0 Å². The van der Waals surface area contributed by atoms with Crippen molar-refractivity contribution in [3.05, 3.63) is 12.7 Å². The molecule has 0 bridgehead atoms. The summed E-state index contributed by atoms with van der Waals surface area (Å²) in [5.74, 6) is -1.28. The number of hydrogen-bond acceptors (Lipinski definition) is 5. The van der Waals surface area contributed by atoms with Gasteiger partial charge in [0, 0.05) is 6.08 Å². The van der Waals surface area contributed by atoms with Crippen molar-refractivity contribution in [2.45, 2.75) is 38.5 Å². The van der Waals surface area contributed by atoms with E-state index in [-0.39, 0.29) is 6.61 Å². The van der Waals surface area contributed by atoms with Gasteiger partial charge in [0.25, 0.3) is 0 Å². The topological polar surface area (TPSA) is 110 Å². The van der Waals surface area contributed by atoms with Crippen LogP contribution in [0.1, 0.15) is 38.5 Å². The summed E-state index contributed by atoms with van der Waals surface area (Å²) in [6.45, 7) is 3.87. The van der Waals surface area contributed by atoms with Gasteiger partial charge in [-0.2, -0.15) is 0 Å². The van der Waals surface area contributed by atoms with Crippen LogP contribution in [-0.2, 0) is 23.6 Å². The molecule has 0 radical (unpaired) electrons. The van der Waals surface area contributed by atoms with Crippen molar-refractivity contribution in [1.82, 2.24) is 0 Å². The van der Waals surface area contributed by atoms with Crippen LogP contribution in [0.4, 0.5) is 0 Å². The van der Waals surface area contributed by atoms with E-state index >= 15 is 0 Å². The van der Waals surface area contributed by atoms with Crippen LogP contribution >= 0.6 is 7.60 Å². The Morgan fingerprint density at radius 2 is 1.43 bits per heavy atom. The highest BCUT2D eigenvalue weighted by Gasteiger charge is 2.19. The van der Waals surface area contributed by atoms with Crippen molar-refractivity contribution in [2.24, 2.45) is 0 Å². The van der Waals surface area contributed by atoms with E-state index in [2.05, 4.69) is 6.58 Å². The van der Waals surface area contributed by atoms with Crippen LogP contribution in [0.5, 0.6) is 0 Å². The third-order valence-corrected chi connectivity index (χ3v) is 3.22. The first-order valence-corrected chi connectivity index (χ1v) is 8.64. The van der Waals surface area contributed by atoms with Crippen molar-refractivity contribution in [3.8, 4) is 0 Å². The Morgan fingerprint density at radius 3 is 1.90 bits per heavy atom. The number of carbonyl (C=O) groups is 2. The van der Waals surface area contributed by atoms with Gasteiger partial charge < -0.3 is 19.3 Å². The lowest BCUT2D eigenvalue weighted by Gasteiger charge is -2.06. The molecule has 0 fully saturated rings. The summed E-state index contributed by atoms with van der Waals surface area (Å²) in [4.78, 5) is 38.8. The fraction of sp³-hybridized carbons (Fsp3) is 0.692. The van der Waals surface area contributed by atoms with Crippen LogP contribution in [0.2, 0.25) is 0 Å². The second-order valence-corrected chi connectivity index (χ2v) is 6.18. The fourth-order valence-electron chi connectivity index (χ4n) is 1.54. The largest absolute Gasteiger partial charge is 0.465 e. The second kappa shape index (κ2) is 11.5. The zero-order valence-corrected chi connectivity index (χ0v) is 12.9. The molecule has 0 aliphatic heterocycles. The van der Waals surface area contributed by atoms with Crippen molar-refractivity contribution in [1.29, 1.82) is 0 Å². The lowest BCUT2D eigenvalue weighted by molar-refractivity contribution is -0.141. The number of unbranched alkanes of at least 4 members (excludes halogenated alkanes) is 5. The molecule has 2 N–H and O–H groups in total. The van der Waals surface area contributed by atoms with Gasteiger partial charge in [0.1, 0.15) is 6.16 Å². The molecule has 21 heavy (non-hydrogen) atoms. The zero-order chi connectivity index (χ0) is 16.1. The van der Waals surface area contributed by atoms with Crippen LogP contribution in [0, 0.1) is 0 Å². The van der Waals surface area contributed by atoms with Gasteiger partial charge in [-0.1, -0.05) is 32.3 Å². The average molecular weight is 322 g/mol. The molecule has 0 saturated carbocycles. The predicted molar refractivity (Wildman–Crippen MR) is 76.7 cm³/mol. The summed E-state index contributed by atoms with van der Waals surface area (Å²) in [5, 5.41) is 0. The third-order valence-electron chi connectivity index (χ3n) is 2.55. The van der Waals surface area contributed by atoms with Gasteiger partial charge in [-0.15, -0.1) is 0 Å². The maximum Gasteiger partial charge on any atom is 0.336 e. The second-order valence-electron chi connectivity index (χ2n) is 4.54. The number of ether oxygens (including phenoxy) is 2. The molecular formula is C13H23O7P. The summed E-state index contributed by atoms with van der Waals surface area (Å²) >= 11 is 0. The van der Waals surface area contributed by atoms with Crippen LogP contribution in [0.25, 0.3) is 0 Å². The molecule has 0 aliphatic carbocycles. The Balaban J connectivity index is 3.30. The van der Waals surface area contributed by atoms with Gasteiger partial charge in [-0.3, -0.25) is 9.36 Å². The summed E-state index contributed by atoms with van der Waals surface area (Å²) in [5.41, 5.74) is 0. The van der Waals surface area contributed by atoms with Crippen molar-refractivity contribution in [2.75, 3.05) is 19.4 Å². The van der Waals surface area contributed by atoms with E-state index in [4.69, 9.17) is 19.3 Å². The minimum Gasteiger partial charge on any atom is -0.465 e. The van der Waals surface area contributed by atoms with Crippen LogP contribution in [-0.4, -0.2) is 41.1 Å². The van der Waals surface area contributed by atoms with Gasteiger partial charge in [-0.05, 0) is 12.8 Å². The molecule has 0 aromatic rings. The van der Waals surface area contributed by atoms with Gasteiger partial charge in [0.05, 0.1) is 13.2 Å². The molecule has 8 heteroatoms. The van der Waals surface area contributed by atoms with E-state index in [1.165, 1.54) is 0 Å². The van der Waals surface area contributed by atoms with Gasteiger partial charge in [0.2, 0.25) is 0 Å². The number of hydrogen-bond donors (Lipinski definition) is 2. The molecular weight excluding hydrogens is 299 g/mol. The normalized spacial score (nSPS) is 11.0. The first-order chi connectivity index (χ1) is 9.85. The van der Waals surface area contributed by atoms with Crippen LogP contribution < -0.4 is 0 Å². The summed E-state index contributed by atoms with van der Waals surface area (Å²) in [6, 6.07) is 0. The highest BCUT2D eigenvalue weighted by atomic mass is 31.2. The molecule has 0 unspecified atom stereocenters. The van der Waals surface area contributed by atoms with Crippen molar-refractivity contribution < 1.29 is 33.4 Å². The van der Waals surface area contributed by atoms with E-state index in [9.17, 15) is 14.2 Å². The molecule has 7 nitrogen and oxygen atoms in total. The molecule has 0 amide bonds. The van der Waals surface area contributed by atoms with E-state index in [1.807, 2.05) is 0 Å². The minimum absolute atomic E-state index is 0.176. The minimum atomic E-state index is -4.33. The maximum atomic E-state index is 11.0. The highest BCUT2D eigenvalue weighted by molar-refractivity contribution is 7.52. The molecule has 0 aromatic heterocycles. The Morgan fingerprint density at radius 1 is 0.952 bits per heavy atom.